The van der Waals surface area contributed by atoms with E-state index in [2.05, 4.69) is 26.3 Å². The van der Waals surface area contributed by atoms with Crippen LogP contribution in [0, 0.1) is 0 Å². The summed E-state index contributed by atoms with van der Waals surface area (Å²) in [5, 5.41) is 14.2. The summed E-state index contributed by atoms with van der Waals surface area (Å²) in [5.74, 6) is 2.85. The van der Waals surface area contributed by atoms with Crippen molar-refractivity contribution in [3.63, 3.8) is 0 Å². The molecular weight excluding hydrogens is 446 g/mol. The fourth-order valence-corrected chi connectivity index (χ4v) is 7.46. The molecule has 32 heavy (non-hydrogen) atoms. The fraction of sp³-hybridized carbons (Fsp3) is 0.609. The molecule has 1 saturated carbocycles. The van der Waals surface area contributed by atoms with Gasteiger partial charge in [0.05, 0.1) is 44.2 Å². The number of hydrogen-bond donors (Lipinski definition) is 2. The van der Waals surface area contributed by atoms with E-state index in [4.69, 9.17) is 16.6 Å². The van der Waals surface area contributed by atoms with Gasteiger partial charge >= 0.3 is 0 Å². The topological polar surface area (TPSA) is 91.2 Å². The number of piperidine rings is 1. The molecule has 2 N–H and O–H groups in total. The predicted octanol–water partition coefficient (Wildman–Crippen LogP) is 3.43. The van der Waals surface area contributed by atoms with Crippen molar-refractivity contribution in [2.75, 3.05) is 22.6 Å². The summed E-state index contributed by atoms with van der Waals surface area (Å²) >= 11 is 5.98. The van der Waals surface area contributed by atoms with Crippen molar-refractivity contribution < 1.29 is 9.32 Å². The van der Waals surface area contributed by atoms with Gasteiger partial charge in [0.15, 0.2) is 0 Å². The highest BCUT2D eigenvalue weighted by Gasteiger charge is 2.44. The van der Waals surface area contributed by atoms with Gasteiger partial charge in [-0.05, 0) is 44.9 Å². The van der Waals surface area contributed by atoms with E-state index < -0.39 is 10.8 Å². The number of aryl methyl sites for hydroxylation is 1. The first-order chi connectivity index (χ1) is 15.5. The molecule has 7 nitrogen and oxygen atoms in total. The Labute approximate surface area is 195 Å². The molecule has 3 atom stereocenters. The van der Waals surface area contributed by atoms with Crippen molar-refractivity contribution in [1.82, 2.24) is 15.0 Å². The molecule has 0 spiro atoms. The third kappa shape index (κ3) is 3.42. The number of aliphatic hydroxyl groups is 1. The van der Waals surface area contributed by atoms with Crippen molar-refractivity contribution in [3.8, 4) is 0 Å². The Morgan fingerprint density at radius 3 is 2.56 bits per heavy atom. The quantitative estimate of drug-likeness (QED) is 0.687. The van der Waals surface area contributed by atoms with E-state index in [0.717, 1.165) is 79.3 Å². The standard InChI is InChI=1S/C23H28ClN5O2S/c24-15-11-25-22(26-12-15)14-8-16-2-3-17(9-14)29(16)20-10-19(28-23(13-30)5-1-6-23)21-18(27-20)4-7-32(21)31/h10-12,14,16-17,30H,1-9,13H2,(H,27,28). The molecule has 0 aromatic carbocycles. The molecular formula is C23H28ClN5O2S. The molecule has 170 valence electrons. The molecule has 5 heterocycles. The van der Waals surface area contributed by atoms with Crippen LogP contribution in [0.1, 0.15) is 62.4 Å². The van der Waals surface area contributed by atoms with Gasteiger partial charge in [0.2, 0.25) is 0 Å². The fourth-order valence-electron chi connectivity index (χ4n) is 6.02. The minimum atomic E-state index is -1.02. The van der Waals surface area contributed by atoms with Crippen LogP contribution < -0.4 is 10.2 Å². The molecule has 3 aliphatic heterocycles. The summed E-state index contributed by atoms with van der Waals surface area (Å²) in [6, 6.07) is 2.90. The van der Waals surface area contributed by atoms with Gasteiger partial charge in [-0.25, -0.2) is 15.0 Å². The first-order valence-electron chi connectivity index (χ1n) is 11.6. The maximum Gasteiger partial charge on any atom is 0.131 e. The number of anilines is 2. The van der Waals surface area contributed by atoms with E-state index in [1.807, 2.05) is 0 Å². The Balaban J connectivity index is 1.31. The summed E-state index contributed by atoms with van der Waals surface area (Å²) in [5.41, 5.74) is 1.59. The Morgan fingerprint density at radius 1 is 1.22 bits per heavy atom. The van der Waals surface area contributed by atoms with Crippen LogP contribution in [-0.4, -0.2) is 54.2 Å². The summed E-state index contributed by atoms with van der Waals surface area (Å²) < 4.78 is 12.8. The predicted molar refractivity (Wildman–Crippen MR) is 125 cm³/mol. The molecule has 0 radical (unpaired) electrons. The van der Waals surface area contributed by atoms with Gasteiger partial charge < -0.3 is 15.3 Å². The average Bonchev–Trinajstić information content (AvgIpc) is 3.27. The third-order valence-electron chi connectivity index (χ3n) is 7.80. The average molecular weight is 474 g/mol. The van der Waals surface area contributed by atoms with E-state index in [1.54, 1.807) is 12.4 Å². The van der Waals surface area contributed by atoms with Gasteiger partial charge in [0, 0.05) is 48.6 Å². The molecule has 2 saturated heterocycles. The molecule has 1 aliphatic carbocycles. The van der Waals surface area contributed by atoms with Crippen molar-refractivity contribution in [3.05, 3.63) is 35.0 Å². The van der Waals surface area contributed by atoms with Crippen LogP contribution in [0.5, 0.6) is 0 Å². The summed E-state index contributed by atoms with van der Waals surface area (Å²) in [6.07, 6.45) is 11.4. The normalized spacial score (nSPS) is 30.1. The Morgan fingerprint density at radius 2 is 1.94 bits per heavy atom. The summed E-state index contributed by atoms with van der Waals surface area (Å²) in [4.78, 5) is 17.3. The van der Waals surface area contributed by atoms with Crippen LogP contribution in [0.15, 0.2) is 23.4 Å². The lowest BCUT2D eigenvalue weighted by atomic mass is 9.77. The maximum absolute atomic E-state index is 12.8. The second-order valence-electron chi connectivity index (χ2n) is 9.74. The zero-order chi connectivity index (χ0) is 21.9. The smallest absolute Gasteiger partial charge is 0.131 e. The van der Waals surface area contributed by atoms with Crippen LogP contribution in [0.25, 0.3) is 0 Å². The van der Waals surface area contributed by atoms with Gasteiger partial charge in [-0.15, -0.1) is 0 Å². The number of pyridine rings is 1. The van der Waals surface area contributed by atoms with Crippen molar-refractivity contribution in [2.45, 2.75) is 79.8 Å². The molecule has 3 unspecified atom stereocenters. The highest BCUT2D eigenvalue weighted by molar-refractivity contribution is 7.85. The van der Waals surface area contributed by atoms with Crippen molar-refractivity contribution >= 4 is 33.9 Å². The second kappa shape index (κ2) is 7.92. The highest BCUT2D eigenvalue weighted by Crippen LogP contribution is 2.46. The van der Waals surface area contributed by atoms with Gasteiger partial charge in [-0.2, -0.15) is 0 Å². The van der Waals surface area contributed by atoms with Gasteiger partial charge in [-0.3, -0.25) is 4.21 Å². The molecule has 2 aromatic rings. The molecule has 0 amide bonds. The zero-order valence-corrected chi connectivity index (χ0v) is 19.5. The lowest BCUT2D eigenvalue weighted by Gasteiger charge is -2.43. The van der Waals surface area contributed by atoms with Gasteiger partial charge in [0.1, 0.15) is 11.6 Å². The monoisotopic (exact) mass is 473 g/mol. The second-order valence-corrected chi connectivity index (χ2v) is 11.7. The van der Waals surface area contributed by atoms with E-state index in [1.165, 1.54) is 0 Å². The molecule has 3 fully saturated rings. The zero-order valence-electron chi connectivity index (χ0n) is 18.0. The van der Waals surface area contributed by atoms with Crippen molar-refractivity contribution in [1.29, 1.82) is 0 Å². The number of nitrogens with zero attached hydrogens (tertiary/aromatic N) is 4. The minimum Gasteiger partial charge on any atom is -0.394 e. The largest absolute Gasteiger partial charge is 0.394 e. The molecule has 2 bridgehead atoms. The molecule has 2 aromatic heterocycles. The summed E-state index contributed by atoms with van der Waals surface area (Å²) in [7, 11) is -1.02. The van der Waals surface area contributed by atoms with Gasteiger partial charge in [0.25, 0.3) is 0 Å². The lowest BCUT2D eigenvalue weighted by Crippen LogP contribution is -2.48. The van der Waals surface area contributed by atoms with Crippen LogP contribution >= 0.6 is 11.6 Å². The number of nitrogens with one attached hydrogen (secondary N) is 1. The van der Waals surface area contributed by atoms with Crippen LogP contribution in [-0.2, 0) is 17.2 Å². The van der Waals surface area contributed by atoms with Crippen LogP contribution in [0.4, 0.5) is 11.5 Å². The van der Waals surface area contributed by atoms with Crippen LogP contribution in [0.2, 0.25) is 5.02 Å². The highest BCUT2D eigenvalue weighted by atomic mass is 35.5. The molecule has 6 rings (SSSR count). The number of hydrogen-bond acceptors (Lipinski definition) is 7. The number of aliphatic hydroxyl groups excluding tert-OH is 1. The Bertz CT molecular complexity index is 1040. The van der Waals surface area contributed by atoms with E-state index in [-0.39, 0.29) is 12.1 Å². The van der Waals surface area contributed by atoms with Crippen LogP contribution in [0.3, 0.4) is 0 Å². The minimum absolute atomic E-state index is 0.101. The number of aromatic nitrogens is 3. The molecule has 4 aliphatic rings. The number of halogens is 1. The summed E-state index contributed by atoms with van der Waals surface area (Å²) in [6.45, 7) is 0.101. The SMILES string of the molecule is O=S1CCc2nc(N3C4CCC3CC(c3ncc(Cl)cn3)C4)cc(NC3(CO)CCC3)c21. The van der Waals surface area contributed by atoms with E-state index >= 15 is 0 Å². The first kappa shape index (κ1) is 20.8. The van der Waals surface area contributed by atoms with Crippen molar-refractivity contribution in [2.24, 2.45) is 0 Å². The first-order valence-corrected chi connectivity index (χ1v) is 13.3. The Kier molecular flexibility index (Phi) is 5.15. The maximum atomic E-state index is 12.8. The molecule has 9 heteroatoms. The van der Waals surface area contributed by atoms with E-state index in [0.29, 0.717) is 28.8 Å². The third-order valence-corrected chi connectivity index (χ3v) is 9.48. The number of fused-ring (bicyclic) bond motifs is 3. The van der Waals surface area contributed by atoms with Gasteiger partial charge in [-0.1, -0.05) is 11.6 Å². The van der Waals surface area contributed by atoms with E-state index in [9.17, 15) is 9.32 Å². The lowest BCUT2D eigenvalue weighted by molar-refractivity contribution is 0.144. The number of rotatable bonds is 5. The Hall–Kier alpha value is -1.77.